The SMILES string of the molecule is COCCOc1ccc(F)c(F)c1COc1cc(N)c(F)cc1F. The number of nitrogens with two attached hydrogens (primary N) is 1. The molecule has 0 aromatic heterocycles. The average molecular weight is 345 g/mol. The molecule has 0 bridgehead atoms. The molecule has 0 amide bonds. The summed E-state index contributed by atoms with van der Waals surface area (Å²) in [6.07, 6.45) is 0. The van der Waals surface area contributed by atoms with Gasteiger partial charge in [-0.15, -0.1) is 0 Å². The molecule has 0 atom stereocenters. The van der Waals surface area contributed by atoms with Crippen molar-refractivity contribution in [1.82, 2.24) is 0 Å². The van der Waals surface area contributed by atoms with Crippen LogP contribution in [0.15, 0.2) is 24.3 Å². The van der Waals surface area contributed by atoms with Crippen LogP contribution >= 0.6 is 0 Å². The molecule has 8 heteroatoms. The minimum Gasteiger partial charge on any atom is -0.491 e. The van der Waals surface area contributed by atoms with Gasteiger partial charge in [0.2, 0.25) is 0 Å². The zero-order chi connectivity index (χ0) is 17.7. The smallest absolute Gasteiger partial charge is 0.169 e. The van der Waals surface area contributed by atoms with Crippen LogP contribution in [0.4, 0.5) is 23.2 Å². The Labute approximate surface area is 135 Å². The number of hydrogen-bond acceptors (Lipinski definition) is 4. The lowest BCUT2D eigenvalue weighted by molar-refractivity contribution is 0.144. The fraction of sp³-hybridized carbons (Fsp3) is 0.250. The second-order valence-electron chi connectivity index (χ2n) is 4.77. The maximum absolute atomic E-state index is 14.0. The van der Waals surface area contributed by atoms with Crippen LogP contribution in [-0.2, 0) is 11.3 Å². The van der Waals surface area contributed by atoms with Crippen molar-refractivity contribution in [2.75, 3.05) is 26.1 Å². The van der Waals surface area contributed by atoms with Crippen molar-refractivity contribution in [3.63, 3.8) is 0 Å². The number of hydrogen-bond donors (Lipinski definition) is 1. The molecule has 2 aromatic rings. The van der Waals surface area contributed by atoms with Crippen LogP contribution in [0.3, 0.4) is 0 Å². The maximum Gasteiger partial charge on any atom is 0.169 e. The highest BCUT2D eigenvalue weighted by Crippen LogP contribution is 2.28. The summed E-state index contributed by atoms with van der Waals surface area (Å²) < 4.78 is 69.3. The highest BCUT2D eigenvalue weighted by atomic mass is 19.2. The standard InChI is InChI=1S/C16H15F4NO3/c1-22-4-5-23-14-3-2-10(17)16(20)9(14)8-24-15-7-13(21)11(18)6-12(15)19/h2-3,6-7H,4-5,8,21H2,1H3. The van der Waals surface area contributed by atoms with Gasteiger partial charge in [-0.1, -0.05) is 0 Å². The van der Waals surface area contributed by atoms with E-state index in [2.05, 4.69) is 0 Å². The summed E-state index contributed by atoms with van der Waals surface area (Å²) in [5.41, 5.74) is 4.76. The first kappa shape index (κ1) is 17.9. The van der Waals surface area contributed by atoms with E-state index in [4.69, 9.17) is 19.9 Å². The van der Waals surface area contributed by atoms with Gasteiger partial charge in [0.05, 0.1) is 17.9 Å². The van der Waals surface area contributed by atoms with Crippen molar-refractivity contribution in [3.05, 3.63) is 53.1 Å². The number of halogens is 4. The molecule has 0 fully saturated rings. The Hall–Kier alpha value is -2.48. The van der Waals surface area contributed by atoms with Crippen LogP contribution in [0.1, 0.15) is 5.56 Å². The first-order valence-corrected chi connectivity index (χ1v) is 6.90. The van der Waals surface area contributed by atoms with E-state index < -0.39 is 29.9 Å². The molecule has 0 aliphatic carbocycles. The third kappa shape index (κ3) is 4.08. The van der Waals surface area contributed by atoms with Gasteiger partial charge >= 0.3 is 0 Å². The van der Waals surface area contributed by atoms with E-state index in [0.717, 1.165) is 12.1 Å². The molecule has 0 heterocycles. The van der Waals surface area contributed by atoms with E-state index in [1.165, 1.54) is 13.2 Å². The van der Waals surface area contributed by atoms with Crippen LogP contribution in [0, 0.1) is 23.3 Å². The fourth-order valence-electron chi connectivity index (χ4n) is 1.88. The second-order valence-corrected chi connectivity index (χ2v) is 4.77. The lowest BCUT2D eigenvalue weighted by Crippen LogP contribution is -2.10. The summed E-state index contributed by atoms with van der Waals surface area (Å²) >= 11 is 0. The number of nitrogen functional groups attached to an aromatic ring is 1. The molecule has 0 unspecified atom stereocenters. The van der Waals surface area contributed by atoms with Crippen LogP contribution in [0.5, 0.6) is 11.5 Å². The zero-order valence-electron chi connectivity index (χ0n) is 12.7. The first-order chi connectivity index (χ1) is 11.4. The average Bonchev–Trinajstić information content (AvgIpc) is 2.55. The lowest BCUT2D eigenvalue weighted by Gasteiger charge is -2.14. The molecule has 0 saturated carbocycles. The van der Waals surface area contributed by atoms with Crippen molar-refractivity contribution in [1.29, 1.82) is 0 Å². The summed E-state index contributed by atoms with van der Waals surface area (Å²) in [6.45, 7) is -0.192. The summed E-state index contributed by atoms with van der Waals surface area (Å²) in [7, 11) is 1.46. The van der Waals surface area contributed by atoms with Crippen LogP contribution in [-0.4, -0.2) is 20.3 Å². The van der Waals surface area contributed by atoms with Gasteiger partial charge in [-0.3, -0.25) is 0 Å². The minimum absolute atomic E-state index is 0.0291. The Kier molecular flexibility index (Phi) is 5.86. The highest BCUT2D eigenvalue weighted by molar-refractivity contribution is 5.46. The maximum atomic E-state index is 14.0. The molecular formula is C16H15F4NO3. The molecule has 2 N–H and O–H groups in total. The number of ether oxygens (including phenoxy) is 3. The first-order valence-electron chi connectivity index (χ1n) is 6.90. The number of anilines is 1. The normalized spacial score (nSPS) is 10.7. The Morgan fingerprint density at radius 1 is 0.875 bits per heavy atom. The Morgan fingerprint density at radius 3 is 2.33 bits per heavy atom. The largest absolute Gasteiger partial charge is 0.491 e. The molecule has 2 rings (SSSR count). The van der Waals surface area contributed by atoms with Gasteiger partial charge in [-0.25, -0.2) is 17.6 Å². The van der Waals surface area contributed by atoms with Gasteiger partial charge in [-0.2, -0.15) is 0 Å². The number of benzene rings is 2. The predicted molar refractivity (Wildman–Crippen MR) is 78.8 cm³/mol. The minimum atomic E-state index is -1.18. The molecule has 0 aliphatic rings. The van der Waals surface area contributed by atoms with E-state index >= 15 is 0 Å². The summed E-state index contributed by atoms with van der Waals surface area (Å²) in [6, 6.07) is 3.59. The molecule has 0 aliphatic heterocycles. The van der Waals surface area contributed by atoms with E-state index in [1.807, 2.05) is 0 Å². The number of rotatable bonds is 7. The zero-order valence-corrected chi connectivity index (χ0v) is 12.7. The monoisotopic (exact) mass is 345 g/mol. The Morgan fingerprint density at radius 2 is 1.62 bits per heavy atom. The summed E-state index contributed by atoms with van der Waals surface area (Å²) in [5, 5.41) is 0. The quantitative estimate of drug-likeness (QED) is 0.475. The molecule has 0 saturated heterocycles. The van der Waals surface area contributed by atoms with Gasteiger partial charge < -0.3 is 19.9 Å². The predicted octanol–water partition coefficient (Wildman–Crippen LogP) is 3.43. The molecular weight excluding hydrogens is 330 g/mol. The van der Waals surface area contributed by atoms with Crippen molar-refractivity contribution < 1.29 is 31.8 Å². The van der Waals surface area contributed by atoms with Crippen LogP contribution < -0.4 is 15.2 Å². The van der Waals surface area contributed by atoms with Gasteiger partial charge in [0.15, 0.2) is 23.2 Å². The fourth-order valence-corrected chi connectivity index (χ4v) is 1.88. The van der Waals surface area contributed by atoms with Crippen molar-refractivity contribution in [3.8, 4) is 11.5 Å². The molecule has 0 radical (unpaired) electrons. The van der Waals surface area contributed by atoms with E-state index in [0.29, 0.717) is 6.07 Å². The summed E-state index contributed by atoms with van der Waals surface area (Å²) in [4.78, 5) is 0. The van der Waals surface area contributed by atoms with Gasteiger partial charge in [0, 0.05) is 19.2 Å². The molecule has 4 nitrogen and oxygen atoms in total. The third-order valence-corrected chi connectivity index (χ3v) is 3.12. The van der Waals surface area contributed by atoms with Crippen molar-refractivity contribution in [2.45, 2.75) is 6.61 Å². The van der Waals surface area contributed by atoms with Gasteiger partial charge in [0.1, 0.15) is 24.8 Å². The third-order valence-electron chi connectivity index (χ3n) is 3.12. The topological polar surface area (TPSA) is 53.7 Å². The summed E-state index contributed by atoms with van der Waals surface area (Å²) in [5.74, 6) is -4.60. The second kappa shape index (κ2) is 7.87. The molecule has 130 valence electrons. The lowest BCUT2D eigenvalue weighted by atomic mass is 10.2. The highest BCUT2D eigenvalue weighted by Gasteiger charge is 2.17. The van der Waals surface area contributed by atoms with E-state index in [-0.39, 0.29) is 36.0 Å². The van der Waals surface area contributed by atoms with E-state index in [1.54, 1.807) is 0 Å². The number of methoxy groups -OCH3 is 1. The van der Waals surface area contributed by atoms with Gasteiger partial charge in [0.25, 0.3) is 0 Å². The Bertz CT molecular complexity index is 725. The van der Waals surface area contributed by atoms with Crippen LogP contribution in [0.2, 0.25) is 0 Å². The van der Waals surface area contributed by atoms with E-state index in [9.17, 15) is 17.6 Å². The molecule has 24 heavy (non-hydrogen) atoms. The van der Waals surface area contributed by atoms with Gasteiger partial charge in [-0.05, 0) is 12.1 Å². The van der Waals surface area contributed by atoms with Crippen LogP contribution in [0.25, 0.3) is 0 Å². The van der Waals surface area contributed by atoms with Crippen molar-refractivity contribution >= 4 is 5.69 Å². The van der Waals surface area contributed by atoms with Crippen molar-refractivity contribution in [2.24, 2.45) is 0 Å². The Balaban J connectivity index is 2.22. The molecule has 2 aromatic carbocycles. The molecule has 0 spiro atoms.